The van der Waals surface area contributed by atoms with Gasteiger partial charge in [-0.05, 0) is 25.5 Å². The minimum atomic E-state index is -0.710. The number of rotatable bonds is 3. The molecule has 0 amide bonds. The largest absolute Gasteiger partial charge is 0.337 e. The second kappa shape index (κ2) is 4.66. The molecule has 1 aromatic carbocycles. The third-order valence-corrected chi connectivity index (χ3v) is 2.69. The molecule has 0 aliphatic rings. The molecule has 0 spiro atoms. The highest BCUT2D eigenvalue weighted by molar-refractivity contribution is 6.30. The Hall–Kier alpha value is -1.46. The zero-order valence-corrected chi connectivity index (χ0v) is 10.8. The zero-order chi connectivity index (χ0) is 13.3. The van der Waals surface area contributed by atoms with Crippen molar-refractivity contribution in [1.82, 2.24) is 10.1 Å². The molecule has 0 saturated carbocycles. The topological polar surface area (TPSA) is 64.9 Å². The summed E-state index contributed by atoms with van der Waals surface area (Å²) in [6.07, 6.45) is 0.214. The van der Waals surface area contributed by atoms with Gasteiger partial charge in [0.05, 0.1) is 10.6 Å². The lowest BCUT2D eigenvalue weighted by atomic mass is 10.1. The van der Waals surface area contributed by atoms with Gasteiger partial charge in [0.25, 0.3) is 0 Å². The van der Waals surface area contributed by atoms with Crippen molar-refractivity contribution >= 4 is 11.6 Å². The highest BCUT2D eigenvalue weighted by Gasteiger charge is 2.22. The zero-order valence-electron chi connectivity index (χ0n) is 10.1. The Morgan fingerprint density at radius 2 is 2.17 bits per heavy atom. The molecule has 0 aliphatic carbocycles. The molecule has 0 aliphatic heterocycles. The van der Waals surface area contributed by atoms with E-state index in [1.165, 1.54) is 6.07 Å². The van der Waals surface area contributed by atoms with Crippen LogP contribution < -0.4 is 5.73 Å². The van der Waals surface area contributed by atoms with E-state index in [1.807, 2.05) is 0 Å². The van der Waals surface area contributed by atoms with Crippen LogP contribution in [0.1, 0.15) is 31.1 Å². The summed E-state index contributed by atoms with van der Waals surface area (Å²) >= 11 is 5.70. The summed E-state index contributed by atoms with van der Waals surface area (Å²) < 4.78 is 18.7. The minimum absolute atomic E-state index is 0.0790. The monoisotopic (exact) mass is 269 g/mol. The van der Waals surface area contributed by atoms with Crippen LogP contribution in [0.25, 0.3) is 0 Å². The van der Waals surface area contributed by atoms with Gasteiger partial charge in [0.1, 0.15) is 5.82 Å². The minimum Gasteiger partial charge on any atom is -0.337 e. The average molecular weight is 270 g/mol. The first-order chi connectivity index (χ1) is 8.38. The Bertz CT molecular complexity index is 563. The van der Waals surface area contributed by atoms with Crippen LogP contribution >= 0.6 is 11.6 Å². The van der Waals surface area contributed by atoms with Crippen LogP contribution in [0, 0.1) is 5.82 Å². The van der Waals surface area contributed by atoms with Crippen molar-refractivity contribution in [3.05, 3.63) is 46.3 Å². The molecule has 1 heterocycles. The molecule has 0 bridgehead atoms. The summed E-state index contributed by atoms with van der Waals surface area (Å²) in [6, 6.07) is 4.80. The van der Waals surface area contributed by atoms with Gasteiger partial charge in [-0.1, -0.05) is 28.9 Å². The number of nitrogens with two attached hydrogens (primary N) is 1. The third-order valence-electron chi connectivity index (χ3n) is 2.40. The fourth-order valence-electron chi connectivity index (χ4n) is 1.44. The maximum atomic E-state index is 13.7. The van der Waals surface area contributed by atoms with E-state index in [2.05, 4.69) is 10.1 Å². The number of hydrogen-bond acceptors (Lipinski definition) is 4. The van der Waals surface area contributed by atoms with E-state index in [9.17, 15) is 4.39 Å². The fourth-order valence-corrected chi connectivity index (χ4v) is 1.64. The van der Waals surface area contributed by atoms with Gasteiger partial charge in [0.2, 0.25) is 5.89 Å². The Morgan fingerprint density at radius 1 is 1.44 bits per heavy atom. The summed E-state index contributed by atoms with van der Waals surface area (Å²) in [6.45, 7) is 3.51. The molecule has 2 rings (SSSR count). The van der Waals surface area contributed by atoms with E-state index >= 15 is 0 Å². The molecule has 1 aromatic heterocycles. The molecule has 96 valence electrons. The maximum Gasteiger partial charge on any atom is 0.246 e. The van der Waals surface area contributed by atoms with Gasteiger partial charge < -0.3 is 10.3 Å². The van der Waals surface area contributed by atoms with E-state index in [0.29, 0.717) is 17.3 Å². The van der Waals surface area contributed by atoms with Crippen molar-refractivity contribution in [2.75, 3.05) is 0 Å². The van der Waals surface area contributed by atoms with Crippen LogP contribution in [-0.2, 0) is 12.0 Å². The van der Waals surface area contributed by atoms with Crippen molar-refractivity contribution < 1.29 is 8.91 Å². The van der Waals surface area contributed by atoms with Crippen molar-refractivity contribution in [2.45, 2.75) is 25.8 Å². The van der Waals surface area contributed by atoms with Crippen molar-refractivity contribution in [3.63, 3.8) is 0 Å². The normalized spacial score (nSPS) is 11.8. The molecule has 0 unspecified atom stereocenters. The second-order valence-corrected chi connectivity index (χ2v) is 5.03. The Balaban J connectivity index is 2.24. The van der Waals surface area contributed by atoms with Gasteiger partial charge in [-0.25, -0.2) is 4.39 Å². The number of aromatic nitrogens is 2. The third kappa shape index (κ3) is 2.68. The standard InChI is InChI=1S/C12H13ClFN3O/c1-12(2,15)11-16-9(17-18-11)6-7-4-3-5-8(13)10(7)14/h3-5H,6,15H2,1-2H3. The van der Waals surface area contributed by atoms with Gasteiger partial charge in [-0.3, -0.25) is 0 Å². The van der Waals surface area contributed by atoms with Gasteiger partial charge in [0, 0.05) is 6.42 Å². The molecule has 18 heavy (non-hydrogen) atoms. The van der Waals surface area contributed by atoms with Gasteiger partial charge in [-0.2, -0.15) is 4.98 Å². The summed E-state index contributed by atoms with van der Waals surface area (Å²) in [4.78, 5) is 4.14. The molecule has 6 heteroatoms. The number of nitrogens with zero attached hydrogens (tertiary/aromatic N) is 2. The highest BCUT2D eigenvalue weighted by Crippen LogP contribution is 2.21. The molecule has 0 radical (unpaired) electrons. The molecular formula is C12H13ClFN3O. The Labute approximate surface area is 109 Å². The van der Waals surface area contributed by atoms with Crippen LogP contribution in [0.4, 0.5) is 4.39 Å². The molecule has 0 saturated heterocycles. The summed E-state index contributed by atoms with van der Waals surface area (Å²) in [5, 5.41) is 3.85. The quantitative estimate of drug-likeness (QED) is 0.930. The summed E-state index contributed by atoms with van der Waals surface area (Å²) in [7, 11) is 0. The molecule has 0 atom stereocenters. The maximum absolute atomic E-state index is 13.7. The fraction of sp³-hybridized carbons (Fsp3) is 0.333. The second-order valence-electron chi connectivity index (χ2n) is 4.63. The van der Waals surface area contributed by atoms with Crippen LogP contribution in [0.2, 0.25) is 5.02 Å². The van der Waals surface area contributed by atoms with Crippen molar-refractivity contribution in [3.8, 4) is 0 Å². The SMILES string of the molecule is CC(C)(N)c1nc(Cc2cccc(Cl)c2F)no1. The predicted molar refractivity (Wildman–Crippen MR) is 65.7 cm³/mol. The average Bonchev–Trinajstić information content (AvgIpc) is 2.73. The van der Waals surface area contributed by atoms with E-state index < -0.39 is 11.4 Å². The van der Waals surface area contributed by atoms with Crippen LogP contribution in [0.5, 0.6) is 0 Å². The van der Waals surface area contributed by atoms with E-state index in [4.69, 9.17) is 21.9 Å². The lowest BCUT2D eigenvalue weighted by molar-refractivity contribution is 0.310. The first kappa shape index (κ1) is 13.0. The first-order valence-corrected chi connectivity index (χ1v) is 5.80. The van der Waals surface area contributed by atoms with E-state index in [0.717, 1.165) is 0 Å². The smallest absolute Gasteiger partial charge is 0.246 e. The Kier molecular flexibility index (Phi) is 3.36. The molecular weight excluding hydrogens is 257 g/mol. The van der Waals surface area contributed by atoms with Crippen LogP contribution in [0.15, 0.2) is 22.7 Å². The number of hydrogen-bond donors (Lipinski definition) is 1. The van der Waals surface area contributed by atoms with Crippen LogP contribution in [0.3, 0.4) is 0 Å². The summed E-state index contributed by atoms with van der Waals surface area (Å²) in [5.74, 6) is 0.238. The van der Waals surface area contributed by atoms with Crippen molar-refractivity contribution in [1.29, 1.82) is 0 Å². The van der Waals surface area contributed by atoms with Crippen molar-refractivity contribution in [2.24, 2.45) is 5.73 Å². The molecule has 4 nitrogen and oxygen atoms in total. The first-order valence-electron chi connectivity index (χ1n) is 5.43. The summed E-state index contributed by atoms with van der Waals surface area (Å²) in [5.41, 5.74) is 5.54. The van der Waals surface area contributed by atoms with Crippen LogP contribution in [-0.4, -0.2) is 10.1 Å². The lowest BCUT2D eigenvalue weighted by Gasteiger charge is -2.10. The predicted octanol–water partition coefficient (Wildman–Crippen LogP) is 2.65. The highest BCUT2D eigenvalue weighted by atomic mass is 35.5. The number of halogens is 2. The molecule has 2 N–H and O–H groups in total. The van der Waals surface area contributed by atoms with E-state index in [-0.39, 0.29) is 11.4 Å². The lowest BCUT2D eigenvalue weighted by Crippen LogP contribution is -2.29. The molecule has 0 fully saturated rings. The van der Waals surface area contributed by atoms with E-state index in [1.54, 1.807) is 26.0 Å². The van der Waals surface area contributed by atoms with Gasteiger partial charge in [0.15, 0.2) is 5.82 Å². The van der Waals surface area contributed by atoms with Gasteiger partial charge in [-0.15, -0.1) is 0 Å². The molecule has 2 aromatic rings. The van der Waals surface area contributed by atoms with Gasteiger partial charge >= 0.3 is 0 Å². The Morgan fingerprint density at radius 3 is 2.78 bits per heavy atom. The number of benzene rings is 1.